The first-order valence-corrected chi connectivity index (χ1v) is 7.03. The summed E-state index contributed by atoms with van der Waals surface area (Å²) in [6.07, 6.45) is 0. The van der Waals surface area contributed by atoms with Gasteiger partial charge in [-0.25, -0.2) is 0 Å². The van der Waals surface area contributed by atoms with Gasteiger partial charge in [0.2, 0.25) is 5.88 Å². The molecule has 106 valence electrons. The first-order chi connectivity index (χ1) is 10.1. The van der Waals surface area contributed by atoms with E-state index in [9.17, 15) is 0 Å². The lowest BCUT2D eigenvalue weighted by Crippen LogP contribution is -1.90. The maximum atomic E-state index is 6.02. The lowest BCUT2D eigenvalue weighted by molar-refractivity contribution is 0.439. The van der Waals surface area contributed by atoms with E-state index in [2.05, 4.69) is 11.2 Å². The molecule has 1 aromatic heterocycles. The number of hydrogen-bond donors (Lipinski definition) is 1. The van der Waals surface area contributed by atoms with E-state index in [-0.39, 0.29) is 0 Å². The van der Waals surface area contributed by atoms with Crippen molar-refractivity contribution in [2.45, 2.75) is 13.8 Å². The molecule has 2 aromatic carbocycles. The fraction of sp³-hybridized carbons (Fsp3) is 0.118. The highest BCUT2D eigenvalue weighted by Gasteiger charge is 2.18. The fourth-order valence-corrected chi connectivity index (χ4v) is 2.69. The number of aryl methyl sites for hydroxylation is 2. The molecule has 4 heteroatoms. The summed E-state index contributed by atoms with van der Waals surface area (Å²) in [6.45, 7) is 4.03. The molecule has 3 nitrogen and oxygen atoms in total. The zero-order valence-corrected chi connectivity index (χ0v) is 12.6. The third-order valence-corrected chi connectivity index (χ3v) is 3.70. The summed E-state index contributed by atoms with van der Waals surface area (Å²) in [5.74, 6) is 0.324. The zero-order chi connectivity index (χ0) is 15.0. The SMILES string of the molecule is Cc1cccc(-c2c(-c3ccc(Cl)cc3C)noc2N)c1. The minimum Gasteiger partial charge on any atom is -0.367 e. The summed E-state index contributed by atoms with van der Waals surface area (Å²) in [6, 6.07) is 13.8. The monoisotopic (exact) mass is 298 g/mol. The summed E-state index contributed by atoms with van der Waals surface area (Å²) in [5.41, 5.74) is 11.7. The Kier molecular flexibility index (Phi) is 3.43. The van der Waals surface area contributed by atoms with Crippen molar-refractivity contribution >= 4 is 17.5 Å². The largest absolute Gasteiger partial charge is 0.367 e. The number of rotatable bonds is 2. The summed E-state index contributed by atoms with van der Waals surface area (Å²) in [7, 11) is 0. The molecule has 1 heterocycles. The third kappa shape index (κ3) is 2.52. The Labute approximate surface area is 128 Å². The van der Waals surface area contributed by atoms with Gasteiger partial charge in [0.25, 0.3) is 0 Å². The maximum absolute atomic E-state index is 6.02. The van der Waals surface area contributed by atoms with Gasteiger partial charge in [-0.05, 0) is 37.1 Å². The average Bonchev–Trinajstić information content (AvgIpc) is 2.80. The van der Waals surface area contributed by atoms with Gasteiger partial charge < -0.3 is 10.3 Å². The van der Waals surface area contributed by atoms with Crippen molar-refractivity contribution in [2.75, 3.05) is 5.73 Å². The van der Waals surface area contributed by atoms with Crippen molar-refractivity contribution in [3.05, 3.63) is 58.6 Å². The van der Waals surface area contributed by atoms with E-state index >= 15 is 0 Å². The number of hydrogen-bond acceptors (Lipinski definition) is 3. The Morgan fingerprint density at radius 3 is 2.62 bits per heavy atom. The highest BCUT2D eigenvalue weighted by molar-refractivity contribution is 6.30. The molecule has 0 saturated heterocycles. The smallest absolute Gasteiger partial charge is 0.230 e. The van der Waals surface area contributed by atoms with Gasteiger partial charge in [-0.15, -0.1) is 0 Å². The van der Waals surface area contributed by atoms with Gasteiger partial charge in [0, 0.05) is 10.6 Å². The number of anilines is 1. The summed E-state index contributed by atoms with van der Waals surface area (Å²) < 4.78 is 5.22. The van der Waals surface area contributed by atoms with Crippen molar-refractivity contribution < 1.29 is 4.52 Å². The van der Waals surface area contributed by atoms with Crippen LogP contribution >= 0.6 is 11.6 Å². The molecule has 0 unspecified atom stereocenters. The van der Waals surface area contributed by atoms with Crippen molar-refractivity contribution in [3.8, 4) is 22.4 Å². The first-order valence-electron chi connectivity index (χ1n) is 6.65. The van der Waals surface area contributed by atoms with E-state index in [1.165, 1.54) is 0 Å². The van der Waals surface area contributed by atoms with E-state index < -0.39 is 0 Å². The molecule has 0 atom stereocenters. The molecule has 21 heavy (non-hydrogen) atoms. The fourth-order valence-electron chi connectivity index (χ4n) is 2.46. The van der Waals surface area contributed by atoms with Crippen LogP contribution in [0.1, 0.15) is 11.1 Å². The van der Waals surface area contributed by atoms with Gasteiger partial charge >= 0.3 is 0 Å². The van der Waals surface area contributed by atoms with Crippen LogP contribution in [0.4, 0.5) is 5.88 Å². The average molecular weight is 299 g/mol. The van der Waals surface area contributed by atoms with E-state index in [0.717, 1.165) is 33.5 Å². The van der Waals surface area contributed by atoms with E-state index in [4.69, 9.17) is 21.9 Å². The number of nitrogen functional groups attached to an aromatic ring is 1. The molecule has 0 saturated carbocycles. The minimum absolute atomic E-state index is 0.324. The molecule has 0 aliphatic heterocycles. The lowest BCUT2D eigenvalue weighted by Gasteiger charge is -2.07. The molecule has 0 bridgehead atoms. The lowest BCUT2D eigenvalue weighted by atomic mass is 9.97. The van der Waals surface area contributed by atoms with Gasteiger partial charge in [-0.3, -0.25) is 0 Å². The Hall–Kier alpha value is -2.26. The molecule has 0 aliphatic rings. The van der Waals surface area contributed by atoms with Gasteiger partial charge in [-0.2, -0.15) is 0 Å². The van der Waals surface area contributed by atoms with Gasteiger partial charge in [0.05, 0.1) is 5.56 Å². The molecular weight excluding hydrogens is 284 g/mol. The number of aromatic nitrogens is 1. The summed E-state index contributed by atoms with van der Waals surface area (Å²) in [4.78, 5) is 0. The molecule has 2 N–H and O–H groups in total. The van der Waals surface area contributed by atoms with Crippen molar-refractivity contribution in [1.29, 1.82) is 0 Å². The molecule has 0 radical (unpaired) electrons. The predicted molar refractivity (Wildman–Crippen MR) is 86.3 cm³/mol. The Bertz CT molecular complexity index is 808. The molecular formula is C17H15ClN2O. The third-order valence-electron chi connectivity index (χ3n) is 3.47. The normalized spacial score (nSPS) is 10.8. The molecule has 3 rings (SSSR count). The number of halogens is 1. The number of benzene rings is 2. The van der Waals surface area contributed by atoms with E-state index in [0.29, 0.717) is 10.9 Å². The van der Waals surface area contributed by atoms with Crippen LogP contribution in [0.5, 0.6) is 0 Å². The van der Waals surface area contributed by atoms with Crippen LogP contribution in [0.3, 0.4) is 0 Å². The van der Waals surface area contributed by atoms with Gasteiger partial charge in [0.1, 0.15) is 5.69 Å². The zero-order valence-electron chi connectivity index (χ0n) is 11.9. The Morgan fingerprint density at radius 2 is 1.90 bits per heavy atom. The Morgan fingerprint density at radius 1 is 1.10 bits per heavy atom. The Balaban J connectivity index is 2.22. The molecule has 0 aliphatic carbocycles. The van der Waals surface area contributed by atoms with Crippen LogP contribution < -0.4 is 5.73 Å². The van der Waals surface area contributed by atoms with Crippen LogP contribution in [-0.4, -0.2) is 5.16 Å². The summed E-state index contributed by atoms with van der Waals surface area (Å²) >= 11 is 6.02. The second kappa shape index (κ2) is 5.26. The topological polar surface area (TPSA) is 52.0 Å². The molecule has 0 fully saturated rings. The van der Waals surface area contributed by atoms with Gasteiger partial charge in [-0.1, -0.05) is 52.7 Å². The standard InChI is InChI=1S/C17H15ClN2O/c1-10-4-3-5-12(8-10)15-16(20-21-17(15)19)14-7-6-13(18)9-11(14)2/h3-9H,19H2,1-2H3. The van der Waals surface area contributed by atoms with Crippen LogP contribution in [0, 0.1) is 13.8 Å². The highest BCUT2D eigenvalue weighted by atomic mass is 35.5. The summed E-state index contributed by atoms with van der Waals surface area (Å²) in [5, 5.41) is 4.84. The van der Waals surface area contributed by atoms with Crippen molar-refractivity contribution in [2.24, 2.45) is 0 Å². The van der Waals surface area contributed by atoms with Crippen molar-refractivity contribution in [1.82, 2.24) is 5.16 Å². The van der Waals surface area contributed by atoms with Crippen LogP contribution in [0.25, 0.3) is 22.4 Å². The molecule has 3 aromatic rings. The van der Waals surface area contributed by atoms with Crippen molar-refractivity contribution in [3.63, 3.8) is 0 Å². The molecule has 0 amide bonds. The quantitative estimate of drug-likeness (QED) is 0.735. The molecule has 0 spiro atoms. The minimum atomic E-state index is 0.324. The highest BCUT2D eigenvalue weighted by Crippen LogP contribution is 2.38. The predicted octanol–water partition coefficient (Wildman–Crippen LogP) is 4.86. The van der Waals surface area contributed by atoms with Gasteiger partial charge in [0.15, 0.2) is 0 Å². The van der Waals surface area contributed by atoms with Crippen LogP contribution in [0.15, 0.2) is 47.0 Å². The second-order valence-electron chi connectivity index (χ2n) is 5.10. The van der Waals surface area contributed by atoms with E-state index in [1.807, 2.05) is 50.2 Å². The first kappa shape index (κ1) is 13.7. The number of nitrogens with zero attached hydrogens (tertiary/aromatic N) is 1. The van der Waals surface area contributed by atoms with Crippen LogP contribution in [-0.2, 0) is 0 Å². The maximum Gasteiger partial charge on any atom is 0.230 e. The second-order valence-corrected chi connectivity index (χ2v) is 5.54. The number of nitrogens with two attached hydrogens (primary N) is 1. The van der Waals surface area contributed by atoms with E-state index in [1.54, 1.807) is 0 Å². The van der Waals surface area contributed by atoms with Crippen LogP contribution in [0.2, 0.25) is 5.02 Å².